The quantitative estimate of drug-likeness (QED) is 0.838. The summed E-state index contributed by atoms with van der Waals surface area (Å²) in [7, 11) is -1.32. The zero-order valence-electron chi connectivity index (χ0n) is 12.8. The molecule has 7 heteroatoms. The van der Waals surface area contributed by atoms with Gasteiger partial charge in [-0.25, -0.2) is 13.3 Å². The predicted octanol–water partition coefficient (Wildman–Crippen LogP) is 3.43. The van der Waals surface area contributed by atoms with Crippen LogP contribution in [0.1, 0.15) is 39.3 Å². The van der Waals surface area contributed by atoms with Gasteiger partial charge in [0.15, 0.2) is 0 Å². The van der Waals surface area contributed by atoms with E-state index in [1.54, 1.807) is 13.0 Å². The lowest BCUT2D eigenvalue weighted by molar-refractivity contribution is 0.608. The van der Waals surface area contributed by atoms with Crippen molar-refractivity contribution in [2.24, 2.45) is 0 Å². The molecule has 22 heavy (non-hydrogen) atoms. The molecule has 0 unspecified atom stereocenters. The molecule has 0 fully saturated rings. The Bertz CT molecular complexity index is 798. The number of hydrogen-bond donors (Lipinski definition) is 2. The number of H-pyrrole nitrogens is 1. The molecule has 0 saturated heterocycles. The minimum absolute atomic E-state index is 0.175. The summed E-state index contributed by atoms with van der Waals surface area (Å²) < 4.78 is 28.5. The van der Waals surface area contributed by atoms with Crippen molar-refractivity contribution in [2.45, 2.75) is 38.5 Å². The number of nitrogens with one attached hydrogen (secondary N) is 2. The Balaban J connectivity index is 2.55. The summed E-state index contributed by atoms with van der Waals surface area (Å²) in [5.74, 6) is -0.523. The van der Waals surface area contributed by atoms with Gasteiger partial charge < -0.3 is 4.98 Å². The van der Waals surface area contributed by atoms with Gasteiger partial charge in [-0.1, -0.05) is 11.6 Å². The van der Waals surface area contributed by atoms with Crippen LogP contribution in [-0.2, 0) is 11.0 Å². The summed E-state index contributed by atoms with van der Waals surface area (Å²) in [5.41, 5.74) is 0.0907. The molecule has 4 nitrogen and oxygen atoms in total. The smallest absolute Gasteiger partial charge is 0.257 e. The molecule has 0 aliphatic carbocycles. The van der Waals surface area contributed by atoms with E-state index in [1.807, 2.05) is 20.8 Å². The van der Waals surface area contributed by atoms with Crippen LogP contribution in [-0.4, -0.2) is 13.9 Å². The van der Waals surface area contributed by atoms with Gasteiger partial charge in [-0.15, -0.1) is 0 Å². The Kier molecular flexibility index (Phi) is 4.75. The molecule has 0 spiro atoms. The maximum atomic E-state index is 13.8. The van der Waals surface area contributed by atoms with Crippen LogP contribution < -0.4 is 10.3 Å². The Morgan fingerprint density at radius 1 is 1.27 bits per heavy atom. The van der Waals surface area contributed by atoms with E-state index in [0.717, 1.165) is 0 Å². The fourth-order valence-corrected chi connectivity index (χ4v) is 3.08. The van der Waals surface area contributed by atoms with E-state index >= 15 is 0 Å². The van der Waals surface area contributed by atoms with Crippen molar-refractivity contribution < 1.29 is 8.60 Å². The van der Waals surface area contributed by atoms with Crippen LogP contribution in [0.15, 0.2) is 23.0 Å². The fraction of sp³-hybridized carbons (Fsp3) is 0.400. The molecular formula is C15H18ClFN2O2S. The van der Waals surface area contributed by atoms with Gasteiger partial charge in [0, 0.05) is 6.04 Å². The Morgan fingerprint density at radius 3 is 2.50 bits per heavy atom. The second-order valence-electron chi connectivity index (χ2n) is 6.12. The maximum Gasteiger partial charge on any atom is 0.257 e. The molecule has 1 aromatic carbocycles. The highest BCUT2D eigenvalue weighted by Gasteiger charge is 2.23. The van der Waals surface area contributed by atoms with Crippen LogP contribution in [0.5, 0.6) is 0 Å². The van der Waals surface area contributed by atoms with Gasteiger partial charge in [-0.2, -0.15) is 0 Å². The molecule has 1 aromatic heterocycles. The molecule has 120 valence electrons. The minimum Gasteiger partial charge on any atom is -0.312 e. The first-order chi connectivity index (χ1) is 10.1. The largest absolute Gasteiger partial charge is 0.312 e. The molecule has 0 amide bonds. The predicted molar refractivity (Wildman–Crippen MR) is 89.0 cm³/mol. The molecule has 2 atom stereocenters. The van der Waals surface area contributed by atoms with Gasteiger partial charge in [0.1, 0.15) is 11.0 Å². The van der Waals surface area contributed by atoms with Crippen LogP contribution in [0, 0.1) is 5.82 Å². The molecular weight excluding hydrogens is 327 g/mol. The lowest BCUT2D eigenvalue weighted by Crippen LogP contribution is -2.35. The van der Waals surface area contributed by atoms with Gasteiger partial charge >= 0.3 is 0 Å². The number of pyridine rings is 1. The van der Waals surface area contributed by atoms with E-state index in [2.05, 4.69) is 9.71 Å². The first-order valence-electron chi connectivity index (χ1n) is 6.79. The highest BCUT2D eigenvalue weighted by atomic mass is 35.5. The fourth-order valence-electron chi connectivity index (χ4n) is 2.09. The molecule has 1 heterocycles. The van der Waals surface area contributed by atoms with Crippen molar-refractivity contribution in [1.29, 1.82) is 0 Å². The van der Waals surface area contributed by atoms with E-state index in [9.17, 15) is 13.4 Å². The first kappa shape index (κ1) is 17.1. The Hall–Kier alpha value is -1.24. The second kappa shape index (κ2) is 6.10. The number of rotatable bonds is 3. The highest BCUT2D eigenvalue weighted by molar-refractivity contribution is 7.84. The van der Waals surface area contributed by atoms with E-state index in [0.29, 0.717) is 10.9 Å². The minimum atomic E-state index is -1.32. The van der Waals surface area contributed by atoms with Crippen LogP contribution in [0.2, 0.25) is 5.15 Å². The van der Waals surface area contributed by atoms with Crippen molar-refractivity contribution in [2.75, 3.05) is 0 Å². The van der Waals surface area contributed by atoms with Crippen LogP contribution in [0.3, 0.4) is 0 Å². The second-order valence-corrected chi connectivity index (χ2v) is 8.53. The summed E-state index contributed by atoms with van der Waals surface area (Å²) in [4.78, 5) is 14.4. The third kappa shape index (κ3) is 3.56. The topological polar surface area (TPSA) is 62.0 Å². The van der Waals surface area contributed by atoms with Crippen LogP contribution >= 0.6 is 11.6 Å². The third-order valence-corrected chi connectivity index (χ3v) is 5.12. The Labute approximate surface area is 135 Å². The SMILES string of the molecule is C[C@@H](N[S@](=O)C(C)(C)C)c1cc(F)cc2c(=O)[nH]c(Cl)cc12. The summed E-state index contributed by atoms with van der Waals surface area (Å²) in [6, 6.07) is 3.67. The van der Waals surface area contributed by atoms with Crippen LogP contribution in [0.4, 0.5) is 4.39 Å². The first-order valence-corrected chi connectivity index (χ1v) is 8.32. The number of aromatic amines is 1. The maximum absolute atomic E-state index is 13.8. The van der Waals surface area contributed by atoms with Crippen LogP contribution in [0.25, 0.3) is 10.8 Å². The van der Waals surface area contributed by atoms with Crippen molar-refractivity contribution in [3.05, 3.63) is 45.1 Å². The monoisotopic (exact) mass is 344 g/mol. The van der Waals surface area contributed by atoms with Gasteiger partial charge in [-0.3, -0.25) is 4.79 Å². The molecule has 0 radical (unpaired) electrons. The standard InChI is InChI=1S/C15H18ClFN2O2S/c1-8(19-22(21)15(2,3)4)10-5-9(17)6-12-11(10)7-13(16)18-14(12)20/h5-8,19H,1-4H3,(H,18,20)/t8-,22-/m1/s1. The molecule has 2 N–H and O–H groups in total. The number of benzene rings is 1. The lowest BCUT2D eigenvalue weighted by atomic mass is 10.0. The van der Waals surface area contributed by atoms with Gasteiger partial charge in [-0.05, 0) is 56.8 Å². The average Bonchev–Trinajstić information content (AvgIpc) is 2.37. The van der Waals surface area contributed by atoms with Gasteiger partial charge in [0.05, 0.1) is 21.1 Å². The van der Waals surface area contributed by atoms with Crippen molar-refractivity contribution in [3.63, 3.8) is 0 Å². The van der Waals surface area contributed by atoms with E-state index in [4.69, 9.17) is 11.6 Å². The van der Waals surface area contributed by atoms with Gasteiger partial charge in [0.25, 0.3) is 5.56 Å². The number of hydrogen-bond acceptors (Lipinski definition) is 2. The molecule has 0 saturated carbocycles. The van der Waals surface area contributed by atoms with Crippen molar-refractivity contribution in [1.82, 2.24) is 9.71 Å². The number of fused-ring (bicyclic) bond motifs is 1. The number of halogens is 2. The average molecular weight is 345 g/mol. The van der Waals surface area contributed by atoms with E-state index < -0.39 is 33.2 Å². The highest BCUT2D eigenvalue weighted by Crippen LogP contribution is 2.26. The lowest BCUT2D eigenvalue weighted by Gasteiger charge is -2.23. The molecule has 2 aromatic rings. The Morgan fingerprint density at radius 2 is 1.91 bits per heavy atom. The number of aromatic nitrogens is 1. The molecule has 2 rings (SSSR count). The molecule has 0 aliphatic heterocycles. The normalized spacial score (nSPS) is 15.0. The van der Waals surface area contributed by atoms with Crippen molar-refractivity contribution >= 4 is 33.4 Å². The summed E-state index contributed by atoms with van der Waals surface area (Å²) in [6.45, 7) is 7.29. The summed E-state index contributed by atoms with van der Waals surface area (Å²) >= 11 is 5.89. The van der Waals surface area contributed by atoms with E-state index in [-0.39, 0.29) is 10.5 Å². The third-order valence-electron chi connectivity index (χ3n) is 3.23. The summed E-state index contributed by atoms with van der Waals surface area (Å²) in [5, 5.41) is 0.935. The molecule has 0 aliphatic rings. The van der Waals surface area contributed by atoms with Gasteiger partial charge in [0.2, 0.25) is 0 Å². The van der Waals surface area contributed by atoms with Crippen molar-refractivity contribution in [3.8, 4) is 0 Å². The van der Waals surface area contributed by atoms with E-state index in [1.165, 1.54) is 12.1 Å². The molecule has 0 bridgehead atoms. The zero-order chi connectivity index (χ0) is 16.7. The zero-order valence-corrected chi connectivity index (χ0v) is 14.4. The summed E-state index contributed by atoms with van der Waals surface area (Å²) in [6.07, 6.45) is 0.